The summed E-state index contributed by atoms with van der Waals surface area (Å²) in [5.74, 6) is 0.992. The average molecular weight is 345 g/mol. The van der Waals surface area contributed by atoms with Gasteiger partial charge in [-0.1, -0.05) is 55.0 Å². The molecule has 0 unspecified atom stereocenters. The summed E-state index contributed by atoms with van der Waals surface area (Å²) in [6, 6.07) is 9.61. The maximum Gasteiger partial charge on any atom is 0.235 e. The van der Waals surface area contributed by atoms with Crippen molar-refractivity contribution in [2.45, 2.75) is 19.8 Å². The predicted molar refractivity (Wildman–Crippen MR) is 90.8 cm³/mol. The zero-order valence-electron chi connectivity index (χ0n) is 12.5. The third kappa shape index (κ3) is 2.42. The van der Waals surface area contributed by atoms with Crippen molar-refractivity contribution in [1.29, 1.82) is 0 Å². The van der Waals surface area contributed by atoms with Gasteiger partial charge in [0.15, 0.2) is 0 Å². The highest BCUT2D eigenvalue weighted by molar-refractivity contribution is 7.19. The van der Waals surface area contributed by atoms with Crippen molar-refractivity contribution in [3.63, 3.8) is 0 Å². The molecule has 0 aliphatic carbocycles. The van der Waals surface area contributed by atoms with E-state index in [4.69, 9.17) is 11.6 Å². The summed E-state index contributed by atoms with van der Waals surface area (Å²) >= 11 is 7.70. The molecule has 116 valence electrons. The number of hydrogen-bond acceptors (Lipinski definition) is 5. The van der Waals surface area contributed by atoms with Gasteiger partial charge in [-0.2, -0.15) is 14.7 Å². The summed E-state index contributed by atoms with van der Waals surface area (Å²) in [4.78, 5) is 0.712. The molecule has 0 aliphatic heterocycles. The van der Waals surface area contributed by atoms with Crippen molar-refractivity contribution < 1.29 is 0 Å². The van der Waals surface area contributed by atoms with Crippen LogP contribution in [0, 0.1) is 0 Å². The fourth-order valence-electron chi connectivity index (χ4n) is 2.27. The zero-order chi connectivity index (χ0) is 16.0. The van der Waals surface area contributed by atoms with Crippen LogP contribution in [-0.2, 0) is 0 Å². The highest BCUT2D eigenvalue weighted by Gasteiger charge is 2.18. The molecule has 4 aromatic rings. The van der Waals surface area contributed by atoms with Gasteiger partial charge in [-0.05, 0) is 18.1 Å². The van der Waals surface area contributed by atoms with Crippen LogP contribution in [0.15, 0.2) is 30.3 Å². The van der Waals surface area contributed by atoms with Crippen LogP contribution in [0.25, 0.3) is 27.1 Å². The van der Waals surface area contributed by atoms with Gasteiger partial charge in [0.1, 0.15) is 10.7 Å². The monoisotopic (exact) mass is 344 g/mol. The van der Waals surface area contributed by atoms with E-state index in [0.717, 1.165) is 22.0 Å². The van der Waals surface area contributed by atoms with Crippen LogP contribution in [0.5, 0.6) is 0 Å². The number of nitrogens with zero attached hydrogens (tertiary/aromatic N) is 5. The zero-order valence-corrected chi connectivity index (χ0v) is 14.1. The summed E-state index contributed by atoms with van der Waals surface area (Å²) in [7, 11) is 0. The molecule has 0 aliphatic rings. The van der Waals surface area contributed by atoms with E-state index >= 15 is 0 Å². The minimum absolute atomic E-state index is 0.369. The number of benzene rings is 1. The van der Waals surface area contributed by atoms with Crippen molar-refractivity contribution in [3.8, 4) is 22.1 Å². The van der Waals surface area contributed by atoms with Gasteiger partial charge in [-0.25, -0.2) is 0 Å². The molecule has 6 nitrogen and oxygen atoms in total. The number of fused-ring (bicyclic) bond motifs is 1. The summed E-state index contributed by atoms with van der Waals surface area (Å²) in [6.07, 6.45) is 0. The van der Waals surface area contributed by atoms with Gasteiger partial charge >= 0.3 is 0 Å². The van der Waals surface area contributed by atoms with Gasteiger partial charge in [0.05, 0.1) is 5.02 Å². The van der Waals surface area contributed by atoms with Crippen LogP contribution < -0.4 is 0 Å². The lowest BCUT2D eigenvalue weighted by atomic mass is 10.1. The molecule has 4 rings (SSSR count). The third-order valence-electron chi connectivity index (χ3n) is 3.54. The quantitative estimate of drug-likeness (QED) is 0.609. The first-order valence-electron chi connectivity index (χ1n) is 7.16. The normalized spacial score (nSPS) is 11.7. The van der Waals surface area contributed by atoms with E-state index in [1.807, 2.05) is 30.3 Å². The molecule has 0 atom stereocenters. The Morgan fingerprint density at radius 1 is 1.22 bits per heavy atom. The molecule has 8 heteroatoms. The molecular weight excluding hydrogens is 332 g/mol. The van der Waals surface area contributed by atoms with Crippen LogP contribution in [-0.4, -0.2) is 30.0 Å². The van der Waals surface area contributed by atoms with E-state index in [1.54, 1.807) is 4.52 Å². The first-order valence-corrected chi connectivity index (χ1v) is 8.36. The Balaban J connectivity index is 1.82. The van der Waals surface area contributed by atoms with Gasteiger partial charge < -0.3 is 0 Å². The number of aromatic nitrogens is 6. The van der Waals surface area contributed by atoms with Gasteiger partial charge in [-0.3, -0.25) is 5.10 Å². The molecule has 3 aromatic heterocycles. The Kier molecular flexibility index (Phi) is 3.39. The van der Waals surface area contributed by atoms with E-state index < -0.39 is 0 Å². The van der Waals surface area contributed by atoms with Crippen molar-refractivity contribution in [2.75, 3.05) is 0 Å². The molecule has 0 bridgehead atoms. The fraction of sp³-hybridized carbons (Fsp3) is 0.200. The van der Waals surface area contributed by atoms with Crippen molar-refractivity contribution in [3.05, 3.63) is 41.0 Å². The first kappa shape index (κ1) is 14.3. The van der Waals surface area contributed by atoms with E-state index in [-0.39, 0.29) is 0 Å². The Hall–Kier alpha value is -2.25. The Morgan fingerprint density at radius 2 is 2.04 bits per heavy atom. The molecule has 3 heterocycles. The second kappa shape index (κ2) is 5.43. The predicted octanol–water partition coefficient (Wildman–Crippen LogP) is 4.02. The minimum Gasteiger partial charge on any atom is -0.282 e. The second-order valence-electron chi connectivity index (χ2n) is 5.47. The van der Waals surface area contributed by atoms with Crippen molar-refractivity contribution in [1.82, 2.24) is 30.0 Å². The smallest absolute Gasteiger partial charge is 0.235 e. The van der Waals surface area contributed by atoms with E-state index in [9.17, 15) is 0 Å². The topological polar surface area (TPSA) is 71.8 Å². The number of rotatable bonds is 3. The maximum absolute atomic E-state index is 6.25. The van der Waals surface area contributed by atoms with Crippen LogP contribution in [0.1, 0.15) is 25.5 Å². The number of nitrogens with one attached hydrogen (secondary N) is 1. The Bertz CT molecular complexity index is 983. The highest BCUT2D eigenvalue weighted by Crippen LogP contribution is 2.32. The molecule has 0 spiro atoms. The molecule has 23 heavy (non-hydrogen) atoms. The highest BCUT2D eigenvalue weighted by atomic mass is 35.5. The number of aromatic amines is 1. The van der Waals surface area contributed by atoms with E-state index in [1.165, 1.54) is 11.3 Å². The van der Waals surface area contributed by atoms with Gasteiger partial charge in [0.2, 0.25) is 10.8 Å². The van der Waals surface area contributed by atoms with E-state index in [0.29, 0.717) is 21.7 Å². The van der Waals surface area contributed by atoms with Crippen LogP contribution in [0.2, 0.25) is 5.02 Å². The van der Waals surface area contributed by atoms with E-state index in [2.05, 4.69) is 39.3 Å². The third-order valence-corrected chi connectivity index (χ3v) is 4.81. The maximum atomic E-state index is 6.25. The largest absolute Gasteiger partial charge is 0.282 e. The van der Waals surface area contributed by atoms with Crippen molar-refractivity contribution >= 4 is 27.9 Å². The van der Waals surface area contributed by atoms with Gasteiger partial charge in [0.25, 0.3) is 0 Å². The van der Waals surface area contributed by atoms with Crippen LogP contribution in [0.4, 0.5) is 0 Å². The lowest BCUT2D eigenvalue weighted by molar-refractivity contribution is 0.810. The summed E-state index contributed by atoms with van der Waals surface area (Å²) in [6.45, 7) is 4.21. The summed E-state index contributed by atoms with van der Waals surface area (Å²) in [5, 5.41) is 21.8. The molecule has 1 aromatic carbocycles. The van der Waals surface area contributed by atoms with Gasteiger partial charge in [0, 0.05) is 11.3 Å². The lowest BCUT2D eigenvalue weighted by Gasteiger charge is -1.97. The Morgan fingerprint density at radius 3 is 2.78 bits per heavy atom. The minimum atomic E-state index is 0.369. The molecule has 0 saturated heterocycles. The second-order valence-corrected chi connectivity index (χ2v) is 6.83. The molecule has 0 fully saturated rings. The van der Waals surface area contributed by atoms with Crippen molar-refractivity contribution in [2.24, 2.45) is 0 Å². The van der Waals surface area contributed by atoms with Crippen LogP contribution >= 0.6 is 22.9 Å². The first-order chi connectivity index (χ1) is 11.1. The lowest BCUT2D eigenvalue weighted by Crippen LogP contribution is -1.91. The fourth-order valence-corrected chi connectivity index (χ4v) is 3.43. The van der Waals surface area contributed by atoms with Crippen LogP contribution in [0.3, 0.4) is 0 Å². The molecule has 0 amide bonds. The van der Waals surface area contributed by atoms with Gasteiger partial charge in [-0.15, -0.1) is 10.2 Å². The molecule has 0 saturated carbocycles. The number of hydrogen-bond donors (Lipinski definition) is 1. The summed E-state index contributed by atoms with van der Waals surface area (Å²) in [5.41, 5.74) is 2.68. The standard InChI is InChI=1S/C15H13ClN6S/c1-8(2)11-7-12(18-17-11)13-19-20-15-22(13)21-14(23-15)9-5-3-4-6-10(9)16/h3-8H,1-2H3,(H,17,18). The SMILES string of the molecule is CC(C)c1cc(-c2nnc3sc(-c4ccccc4Cl)nn23)n[nH]1. The average Bonchev–Trinajstić information content (AvgIpc) is 3.22. The Labute approximate surface area is 141 Å². The summed E-state index contributed by atoms with van der Waals surface area (Å²) < 4.78 is 1.71. The molecular formula is C15H13ClN6S. The number of H-pyrrole nitrogens is 1. The number of halogens is 1. The molecule has 1 N–H and O–H groups in total. The molecule has 0 radical (unpaired) electrons.